The third-order valence-corrected chi connectivity index (χ3v) is 3.74. The summed E-state index contributed by atoms with van der Waals surface area (Å²) in [7, 11) is 1.51. The molecule has 0 aromatic rings. The van der Waals surface area contributed by atoms with Crippen LogP contribution in [0.1, 0.15) is 46.0 Å². The maximum atomic E-state index is 12.4. The van der Waals surface area contributed by atoms with E-state index in [-0.39, 0.29) is 0 Å². The van der Waals surface area contributed by atoms with Gasteiger partial charge in [0.15, 0.2) is 0 Å². The lowest BCUT2D eigenvalue weighted by Crippen LogP contribution is -2.49. The zero-order chi connectivity index (χ0) is 16.6. The Bertz CT molecular complexity index is 511. The first-order valence-corrected chi connectivity index (χ1v) is 8.25. The fourth-order valence-corrected chi connectivity index (χ4v) is 2.58. The number of hydrogen-bond donors (Lipinski definition) is 2. The average molecular weight is 371 g/mol. The van der Waals surface area contributed by atoms with Crippen LogP contribution in [-0.4, -0.2) is 34.4 Å². The second kappa shape index (κ2) is 8.96. The van der Waals surface area contributed by atoms with E-state index in [0.29, 0.717) is 29.8 Å². The van der Waals surface area contributed by atoms with Crippen LogP contribution >= 0.6 is 15.9 Å². The minimum Gasteiger partial charge on any atom is -0.481 e. The number of rotatable bonds is 7. The van der Waals surface area contributed by atoms with Crippen molar-refractivity contribution in [2.24, 2.45) is 4.99 Å². The van der Waals surface area contributed by atoms with Gasteiger partial charge >= 0.3 is 0 Å². The van der Waals surface area contributed by atoms with Gasteiger partial charge in [-0.2, -0.15) is 0 Å². The minimum atomic E-state index is -1.35. The molecular formula is C16H23BrN2O3. The van der Waals surface area contributed by atoms with Gasteiger partial charge in [0.2, 0.25) is 5.88 Å². The number of hydrogen-bond acceptors (Lipinski definition) is 4. The summed E-state index contributed by atoms with van der Waals surface area (Å²) in [6.07, 6.45) is 4.40. The molecule has 1 aliphatic rings. The lowest BCUT2D eigenvalue weighted by atomic mass is 9.91. The van der Waals surface area contributed by atoms with E-state index in [1.165, 1.54) is 7.11 Å². The molecule has 0 spiro atoms. The molecular weight excluding hydrogens is 348 g/mol. The third-order valence-electron chi connectivity index (χ3n) is 3.28. The van der Waals surface area contributed by atoms with Gasteiger partial charge in [0.25, 0.3) is 5.91 Å². The van der Waals surface area contributed by atoms with Gasteiger partial charge in [-0.3, -0.25) is 4.79 Å². The monoisotopic (exact) mass is 370 g/mol. The van der Waals surface area contributed by atoms with Crippen LogP contribution in [-0.2, 0) is 9.53 Å². The van der Waals surface area contributed by atoms with E-state index in [4.69, 9.17) is 4.74 Å². The maximum Gasteiger partial charge on any atom is 0.253 e. The molecule has 0 fully saturated rings. The normalized spacial score (nSPS) is 22.9. The summed E-state index contributed by atoms with van der Waals surface area (Å²) in [5.41, 5.74) is -1.35. The maximum absolute atomic E-state index is 12.4. The van der Waals surface area contributed by atoms with Crippen molar-refractivity contribution >= 4 is 26.5 Å². The van der Waals surface area contributed by atoms with E-state index in [1.54, 1.807) is 6.08 Å². The predicted octanol–water partition coefficient (Wildman–Crippen LogP) is 2.49. The van der Waals surface area contributed by atoms with Crippen LogP contribution in [0.3, 0.4) is 0 Å². The van der Waals surface area contributed by atoms with Crippen LogP contribution in [0, 0.1) is 11.8 Å². The molecule has 0 aliphatic carbocycles. The molecule has 5 nitrogen and oxygen atoms in total. The Labute approximate surface area is 140 Å². The lowest BCUT2D eigenvalue weighted by molar-refractivity contribution is -0.141. The number of aliphatic hydroxyl groups is 1. The number of nitrogens with zero attached hydrogens (tertiary/aromatic N) is 1. The van der Waals surface area contributed by atoms with Crippen LogP contribution in [0.4, 0.5) is 0 Å². The topological polar surface area (TPSA) is 70.9 Å². The summed E-state index contributed by atoms with van der Waals surface area (Å²) < 4.78 is 5.82. The first-order valence-electron chi connectivity index (χ1n) is 7.45. The second-order valence-electron chi connectivity index (χ2n) is 5.18. The van der Waals surface area contributed by atoms with Crippen molar-refractivity contribution in [1.29, 1.82) is 0 Å². The molecule has 122 valence electrons. The van der Waals surface area contributed by atoms with Crippen LogP contribution in [0.25, 0.3) is 0 Å². The summed E-state index contributed by atoms with van der Waals surface area (Å²) in [5, 5.41) is 13.3. The molecule has 6 heteroatoms. The van der Waals surface area contributed by atoms with E-state index < -0.39 is 17.6 Å². The summed E-state index contributed by atoms with van der Waals surface area (Å²) in [4.78, 5) is 16.6. The number of carbonyl (C=O) groups excluding carboxylic acids is 1. The largest absolute Gasteiger partial charge is 0.481 e. The van der Waals surface area contributed by atoms with Crippen LogP contribution < -0.4 is 5.32 Å². The molecule has 0 saturated heterocycles. The van der Waals surface area contributed by atoms with Crippen molar-refractivity contribution in [3.63, 3.8) is 0 Å². The highest BCUT2D eigenvalue weighted by Gasteiger charge is 2.34. The Morgan fingerprint density at radius 2 is 2.18 bits per heavy atom. The Hall–Kier alpha value is -1.32. The molecule has 1 unspecified atom stereocenters. The fraction of sp³-hybridized carbons (Fsp3) is 0.625. The quantitative estimate of drug-likeness (QED) is 0.676. The van der Waals surface area contributed by atoms with Crippen molar-refractivity contribution in [2.75, 3.05) is 7.11 Å². The van der Waals surface area contributed by atoms with Gasteiger partial charge in [0, 0.05) is 6.08 Å². The molecule has 0 aromatic heterocycles. The highest BCUT2D eigenvalue weighted by molar-refractivity contribution is 9.18. The third kappa shape index (κ3) is 5.47. The van der Waals surface area contributed by atoms with Crippen LogP contribution in [0.2, 0.25) is 0 Å². The zero-order valence-corrected chi connectivity index (χ0v) is 14.9. The van der Waals surface area contributed by atoms with E-state index in [0.717, 1.165) is 12.8 Å². The lowest BCUT2D eigenvalue weighted by Gasteiger charge is -2.27. The van der Waals surface area contributed by atoms with E-state index in [2.05, 4.69) is 38.1 Å². The molecule has 0 aromatic carbocycles. The number of nitrogens with one attached hydrogen (secondary N) is 1. The molecule has 0 radical (unpaired) electrons. The summed E-state index contributed by atoms with van der Waals surface area (Å²) >= 11 is 3.30. The first-order chi connectivity index (χ1) is 10.4. The highest BCUT2D eigenvalue weighted by atomic mass is 79.9. The van der Waals surface area contributed by atoms with Crippen molar-refractivity contribution < 1.29 is 14.6 Å². The SMILES string of the molecule is CCCC(O)(CCC)C(=O)NC1C#CC/C(Br)=N\C(OC)=C/1. The average Bonchev–Trinajstić information content (AvgIpc) is 2.44. The molecule has 22 heavy (non-hydrogen) atoms. The van der Waals surface area contributed by atoms with Gasteiger partial charge < -0.3 is 15.2 Å². The summed E-state index contributed by atoms with van der Waals surface area (Å²) in [6, 6.07) is -0.535. The van der Waals surface area contributed by atoms with Crippen molar-refractivity contribution in [1.82, 2.24) is 5.32 Å². The molecule has 0 saturated carbocycles. The number of methoxy groups -OCH3 is 1. The van der Waals surface area contributed by atoms with Gasteiger partial charge in [-0.05, 0) is 28.8 Å². The van der Waals surface area contributed by atoms with Gasteiger partial charge in [0.05, 0.1) is 18.2 Å². The number of ether oxygens (including phenoxy) is 1. The molecule has 2 N–H and O–H groups in total. The smallest absolute Gasteiger partial charge is 0.253 e. The molecule has 1 amide bonds. The van der Waals surface area contributed by atoms with Gasteiger partial charge in [0.1, 0.15) is 11.6 Å². The second-order valence-corrected chi connectivity index (χ2v) is 6.09. The number of halogens is 1. The predicted molar refractivity (Wildman–Crippen MR) is 90.5 cm³/mol. The van der Waals surface area contributed by atoms with Crippen molar-refractivity contribution in [2.45, 2.75) is 57.6 Å². The van der Waals surface area contributed by atoms with Gasteiger partial charge in [-0.1, -0.05) is 38.5 Å². The molecule has 0 bridgehead atoms. The van der Waals surface area contributed by atoms with E-state index >= 15 is 0 Å². The van der Waals surface area contributed by atoms with E-state index in [9.17, 15) is 9.90 Å². The minimum absolute atomic E-state index is 0.376. The van der Waals surface area contributed by atoms with E-state index in [1.807, 2.05) is 13.8 Å². The van der Waals surface area contributed by atoms with Crippen molar-refractivity contribution in [3.05, 3.63) is 12.0 Å². The standard InChI is InChI=1S/C16H23BrN2O3/c1-4-9-16(21,10-5-2)15(20)18-12-7-6-8-13(17)19-14(11-12)22-3/h11-12,21H,4-5,8-10H2,1-3H3,(H,18,20)/b14-11+,19-13+. The molecule has 1 rings (SSSR count). The molecule has 1 atom stereocenters. The summed E-state index contributed by atoms with van der Waals surface area (Å²) in [6.45, 7) is 3.89. The molecule has 1 heterocycles. The van der Waals surface area contributed by atoms with Crippen LogP contribution in [0.15, 0.2) is 17.0 Å². The Morgan fingerprint density at radius 3 is 2.73 bits per heavy atom. The van der Waals surface area contributed by atoms with Crippen LogP contribution in [0.5, 0.6) is 0 Å². The molecule has 1 aliphatic heterocycles. The van der Waals surface area contributed by atoms with Gasteiger partial charge in [-0.15, -0.1) is 0 Å². The highest BCUT2D eigenvalue weighted by Crippen LogP contribution is 2.20. The fourth-order valence-electron chi connectivity index (χ4n) is 2.26. The Balaban J connectivity index is 2.90. The van der Waals surface area contributed by atoms with Gasteiger partial charge in [-0.25, -0.2) is 4.99 Å². The number of aliphatic imine (C=N–C) groups is 1. The Morgan fingerprint density at radius 1 is 1.55 bits per heavy atom. The number of amides is 1. The first kappa shape index (κ1) is 18.7. The number of carbonyl (C=O) groups is 1. The summed E-state index contributed by atoms with van der Waals surface area (Å²) in [5.74, 6) is 5.85. The van der Waals surface area contributed by atoms with Crippen molar-refractivity contribution in [3.8, 4) is 11.8 Å². The Kier molecular flexibility index (Phi) is 7.63. The zero-order valence-electron chi connectivity index (χ0n) is 13.3.